The number of pyridine rings is 1. The van der Waals surface area contributed by atoms with Gasteiger partial charge in [0, 0.05) is 29.5 Å². The fourth-order valence-corrected chi connectivity index (χ4v) is 5.11. The van der Waals surface area contributed by atoms with Crippen molar-refractivity contribution in [3.8, 4) is 11.1 Å². The molecule has 0 saturated heterocycles. The summed E-state index contributed by atoms with van der Waals surface area (Å²) in [7, 11) is 0. The lowest BCUT2D eigenvalue weighted by atomic mass is 9.98. The zero-order chi connectivity index (χ0) is 33.4. The predicted molar refractivity (Wildman–Crippen MR) is 176 cm³/mol. The Bertz CT molecular complexity index is 1880. The maximum Gasteiger partial charge on any atom is 0.416 e. The van der Waals surface area contributed by atoms with Crippen molar-refractivity contribution in [2.75, 3.05) is 11.9 Å². The lowest BCUT2D eigenvalue weighted by molar-refractivity contribution is -0.137. The smallest absolute Gasteiger partial charge is 0.354 e. The van der Waals surface area contributed by atoms with Crippen molar-refractivity contribution in [3.63, 3.8) is 0 Å². The molecule has 7 nitrogen and oxygen atoms in total. The first-order valence-corrected chi connectivity index (χ1v) is 15.2. The molecule has 1 atom stereocenters. The van der Waals surface area contributed by atoms with Crippen molar-refractivity contribution < 1.29 is 27.6 Å². The van der Waals surface area contributed by atoms with Crippen molar-refractivity contribution in [2.45, 2.75) is 38.4 Å². The minimum atomic E-state index is -4.46. The summed E-state index contributed by atoms with van der Waals surface area (Å²) < 4.78 is 39.1. The van der Waals surface area contributed by atoms with E-state index in [0.717, 1.165) is 30.5 Å². The normalized spacial score (nSPS) is 11.9. The van der Waals surface area contributed by atoms with Gasteiger partial charge >= 0.3 is 6.18 Å². The number of hydrogen-bond acceptors (Lipinski definition) is 4. The van der Waals surface area contributed by atoms with Crippen LogP contribution in [0.2, 0.25) is 0 Å². The topological polar surface area (TPSA) is 100 Å². The molecule has 0 radical (unpaired) electrons. The van der Waals surface area contributed by atoms with E-state index in [1.807, 2.05) is 37.3 Å². The van der Waals surface area contributed by atoms with Crippen LogP contribution in [0.5, 0.6) is 0 Å². The maximum absolute atomic E-state index is 13.3. The highest BCUT2D eigenvalue weighted by molar-refractivity contribution is 6.08. The number of unbranched alkanes of at least 4 members (excludes halogenated alkanes) is 1. The van der Waals surface area contributed by atoms with E-state index < -0.39 is 23.7 Å². The summed E-state index contributed by atoms with van der Waals surface area (Å²) >= 11 is 0. The van der Waals surface area contributed by atoms with E-state index in [1.54, 1.807) is 54.6 Å². The number of hydrogen-bond donors (Lipinski definition) is 3. The zero-order valence-electron chi connectivity index (χ0n) is 25.6. The monoisotopic (exact) mass is 638 g/mol. The first-order chi connectivity index (χ1) is 22.6. The molecule has 5 rings (SSSR count). The lowest BCUT2D eigenvalue weighted by Crippen LogP contribution is -2.37. The standard InChI is InChI=1S/C37H33F3N4O3/c1-2-3-13-34(45)41-23-32(25-9-5-4-6-10-25)43-35(46)27-16-20-31-26(22-27)17-21-33(42-31)44-36(47)30-12-8-7-11-29(30)24-14-18-28(19-15-24)37(38,39)40/h4-12,14-22,32H,2-3,13,23H2,1H3,(H,41,45)(H,43,46)(H,42,44,47)/t32-/m1/s1. The molecule has 10 heteroatoms. The highest BCUT2D eigenvalue weighted by Crippen LogP contribution is 2.32. The van der Waals surface area contributed by atoms with E-state index in [0.29, 0.717) is 34.0 Å². The van der Waals surface area contributed by atoms with Gasteiger partial charge in [0.05, 0.1) is 17.1 Å². The number of benzene rings is 4. The van der Waals surface area contributed by atoms with Crippen LogP contribution in [-0.4, -0.2) is 29.3 Å². The van der Waals surface area contributed by atoms with Gasteiger partial charge in [0.1, 0.15) is 5.82 Å². The van der Waals surface area contributed by atoms with E-state index >= 15 is 0 Å². The molecule has 240 valence electrons. The van der Waals surface area contributed by atoms with E-state index in [9.17, 15) is 27.6 Å². The molecule has 3 amide bonds. The average Bonchev–Trinajstić information content (AvgIpc) is 3.08. The summed E-state index contributed by atoms with van der Waals surface area (Å²) in [6.07, 6.45) is -2.33. The van der Waals surface area contributed by atoms with Gasteiger partial charge in [-0.15, -0.1) is 0 Å². The molecule has 1 aromatic heterocycles. The largest absolute Gasteiger partial charge is 0.416 e. The highest BCUT2D eigenvalue weighted by atomic mass is 19.4. The third kappa shape index (κ3) is 8.40. The van der Waals surface area contributed by atoms with Crippen LogP contribution >= 0.6 is 0 Å². The highest BCUT2D eigenvalue weighted by Gasteiger charge is 2.30. The molecule has 4 aromatic carbocycles. The van der Waals surface area contributed by atoms with E-state index in [4.69, 9.17) is 0 Å². The lowest BCUT2D eigenvalue weighted by Gasteiger charge is -2.20. The Morgan fingerprint density at radius 2 is 1.53 bits per heavy atom. The summed E-state index contributed by atoms with van der Waals surface area (Å²) in [6.45, 7) is 2.27. The van der Waals surface area contributed by atoms with Crippen molar-refractivity contribution >= 4 is 34.4 Å². The van der Waals surface area contributed by atoms with Gasteiger partial charge in [-0.3, -0.25) is 14.4 Å². The van der Waals surface area contributed by atoms with E-state index in [2.05, 4.69) is 20.9 Å². The summed E-state index contributed by atoms with van der Waals surface area (Å²) in [5.74, 6) is -0.590. The molecule has 0 unspecified atom stereocenters. The fourth-order valence-electron chi connectivity index (χ4n) is 5.11. The van der Waals surface area contributed by atoms with Crippen LogP contribution in [-0.2, 0) is 11.0 Å². The number of nitrogens with one attached hydrogen (secondary N) is 3. The Morgan fingerprint density at radius 3 is 2.26 bits per heavy atom. The van der Waals surface area contributed by atoms with E-state index in [1.165, 1.54) is 12.1 Å². The summed E-state index contributed by atoms with van der Waals surface area (Å²) in [5.41, 5.74) is 2.25. The molecule has 0 bridgehead atoms. The molecule has 0 spiro atoms. The number of halogens is 3. The molecule has 0 aliphatic rings. The van der Waals surface area contributed by atoms with Crippen molar-refractivity contribution in [1.29, 1.82) is 0 Å². The predicted octanol–water partition coefficient (Wildman–Crippen LogP) is 7.95. The fraction of sp³-hybridized carbons (Fsp3) is 0.189. The Labute approximate surface area is 270 Å². The summed E-state index contributed by atoms with van der Waals surface area (Å²) in [6, 6.07) is 28.6. The number of fused-ring (bicyclic) bond motifs is 1. The first kappa shape index (κ1) is 32.9. The third-order valence-electron chi connectivity index (χ3n) is 7.66. The second-order valence-electron chi connectivity index (χ2n) is 11.0. The minimum Gasteiger partial charge on any atom is -0.354 e. The molecular formula is C37H33F3N4O3. The maximum atomic E-state index is 13.3. The van der Waals surface area contributed by atoms with Gasteiger partial charge in [-0.2, -0.15) is 13.2 Å². The van der Waals surface area contributed by atoms with Crippen LogP contribution in [0.25, 0.3) is 22.0 Å². The first-order valence-electron chi connectivity index (χ1n) is 15.2. The average molecular weight is 639 g/mol. The van der Waals surface area contributed by atoms with Crippen LogP contribution < -0.4 is 16.0 Å². The minimum absolute atomic E-state index is 0.0650. The molecule has 5 aromatic rings. The van der Waals surface area contributed by atoms with Gasteiger partial charge in [0.2, 0.25) is 5.91 Å². The van der Waals surface area contributed by atoms with Gasteiger partial charge in [0.25, 0.3) is 11.8 Å². The Hall–Kier alpha value is -5.51. The second kappa shape index (κ2) is 14.7. The molecule has 0 fully saturated rings. The van der Waals surface area contributed by atoms with Crippen molar-refractivity contribution in [2.24, 2.45) is 0 Å². The number of aromatic nitrogens is 1. The van der Waals surface area contributed by atoms with Crippen LogP contribution in [0.1, 0.15) is 64.1 Å². The second-order valence-corrected chi connectivity index (χ2v) is 11.0. The van der Waals surface area contributed by atoms with Crippen molar-refractivity contribution in [3.05, 3.63) is 131 Å². The van der Waals surface area contributed by atoms with Gasteiger partial charge in [-0.1, -0.05) is 74.0 Å². The Morgan fingerprint density at radius 1 is 0.809 bits per heavy atom. The molecule has 47 heavy (non-hydrogen) atoms. The van der Waals surface area contributed by atoms with Crippen molar-refractivity contribution in [1.82, 2.24) is 15.6 Å². The van der Waals surface area contributed by atoms with Crippen LogP contribution in [0, 0.1) is 0 Å². The quantitative estimate of drug-likeness (QED) is 0.137. The number of carbonyl (C=O) groups is 3. The van der Waals surface area contributed by atoms with Gasteiger partial charge in [-0.05, 0) is 71.6 Å². The molecule has 1 heterocycles. The third-order valence-corrected chi connectivity index (χ3v) is 7.66. The summed E-state index contributed by atoms with van der Waals surface area (Å²) in [4.78, 5) is 43.4. The Balaban J connectivity index is 1.29. The molecular weight excluding hydrogens is 605 g/mol. The van der Waals surface area contributed by atoms with Gasteiger partial charge < -0.3 is 16.0 Å². The van der Waals surface area contributed by atoms with Crippen LogP contribution in [0.4, 0.5) is 19.0 Å². The SMILES string of the molecule is CCCCC(=O)NC[C@@H](NC(=O)c1ccc2nc(NC(=O)c3ccccc3-c3ccc(C(F)(F)F)cc3)ccc2c1)c1ccccc1. The number of carbonyl (C=O) groups excluding carboxylic acids is 3. The van der Waals surface area contributed by atoms with Crippen LogP contribution in [0.15, 0.2) is 109 Å². The number of rotatable bonds is 11. The van der Waals surface area contributed by atoms with Gasteiger partial charge in [0.15, 0.2) is 0 Å². The molecule has 0 saturated carbocycles. The number of alkyl halides is 3. The van der Waals surface area contributed by atoms with Gasteiger partial charge in [-0.25, -0.2) is 4.98 Å². The molecule has 0 aliphatic heterocycles. The van der Waals surface area contributed by atoms with Crippen LogP contribution in [0.3, 0.4) is 0 Å². The Kier molecular flexibility index (Phi) is 10.3. The van der Waals surface area contributed by atoms with E-state index in [-0.39, 0.29) is 29.7 Å². The number of nitrogens with zero attached hydrogens (tertiary/aromatic N) is 1. The summed E-state index contributed by atoms with van der Waals surface area (Å²) in [5, 5.41) is 9.38. The molecule has 3 N–H and O–H groups in total. The molecule has 0 aliphatic carbocycles. The number of anilines is 1. The number of amides is 3. The zero-order valence-corrected chi connectivity index (χ0v) is 25.6.